The predicted molar refractivity (Wildman–Crippen MR) is 167 cm³/mol. The number of hydrogen-bond acceptors (Lipinski definition) is 7. The molecule has 0 radical (unpaired) electrons. The number of piperazine rings is 1. The van der Waals surface area contributed by atoms with Crippen LogP contribution in [0.1, 0.15) is 45.4 Å². The normalized spacial score (nSPS) is 14.6. The van der Waals surface area contributed by atoms with E-state index in [2.05, 4.69) is 15.6 Å². The van der Waals surface area contributed by atoms with Crippen LogP contribution in [0.2, 0.25) is 0 Å². The maximum absolute atomic E-state index is 13.8. The molecule has 44 heavy (non-hydrogen) atoms. The number of carbonyl (C=O) groups excluding carboxylic acids is 4. The number of carbonyl (C=O) groups is 4. The fraction of sp³-hybridized carbons (Fsp3) is 0.406. The molecule has 1 aliphatic heterocycles. The second-order valence-corrected chi connectivity index (χ2v) is 11.1. The van der Waals surface area contributed by atoms with Crippen LogP contribution in [0.4, 0.5) is 5.82 Å². The van der Waals surface area contributed by atoms with Gasteiger partial charge in [0.2, 0.25) is 17.7 Å². The van der Waals surface area contributed by atoms with Crippen molar-refractivity contribution in [2.75, 3.05) is 38.1 Å². The van der Waals surface area contributed by atoms with Crippen molar-refractivity contribution in [1.29, 1.82) is 0 Å². The minimum Gasteiger partial charge on any atom is -0.374 e. The Balaban J connectivity index is 0.00000529. The second kappa shape index (κ2) is 15.3. The van der Waals surface area contributed by atoms with Gasteiger partial charge in [-0.1, -0.05) is 68.1 Å². The monoisotopic (exact) mass is 605 g/mol. The zero-order valence-electron chi connectivity index (χ0n) is 24.7. The number of aromatic nitrogens is 2. The highest BCUT2D eigenvalue weighted by molar-refractivity contribution is 5.98. The fourth-order valence-corrected chi connectivity index (χ4v) is 4.64. The number of nitrogens with zero attached hydrogens (tertiary/aromatic N) is 4. The van der Waals surface area contributed by atoms with E-state index >= 15 is 0 Å². The lowest BCUT2D eigenvalue weighted by Gasteiger charge is -2.36. The number of benzene rings is 2. The summed E-state index contributed by atoms with van der Waals surface area (Å²) in [5.74, 6) is -1.01. The summed E-state index contributed by atoms with van der Waals surface area (Å²) in [6, 6.07) is 17.0. The van der Waals surface area contributed by atoms with E-state index in [1.807, 2.05) is 60.7 Å². The predicted octanol–water partition coefficient (Wildman–Crippen LogP) is 2.18. The summed E-state index contributed by atoms with van der Waals surface area (Å²) < 4.78 is 7.41. The van der Waals surface area contributed by atoms with Crippen molar-refractivity contribution in [3.63, 3.8) is 0 Å². The molecule has 3 aromatic rings. The summed E-state index contributed by atoms with van der Waals surface area (Å²) in [6.07, 6.45) is 3.06. The van der Waals surface area contributed by atoms with Crippen LogP contribution in [0.3, 0.4) is 0 Å². The summed E-state index contributed by atoms with van der Waals surface area (Å²) in [5.41, 5.74) is 6.41. The van der Waals surface area contributed by atoms with Gasteiger partial charge >= 0.3 is 0 Å². The van der Waals surface area contributed by atoms with Crippen LogP contribution in [0.15, 0.2) is 73.2 Å². The number of imidazole rings is 1. The molecular weight excluding hydrogens is 562 g/mol. The highest BCUT2D eigenvalue weighted by atomic mass is 16.5. The summed E-state index contributed by atoms with van der Waals surface area (Å²) in [4.78, 5) is 59.3. The van der Waals surface area contributed by atoms with Gasteiger partial charge in [-0.05, 0) is 25.0 Å². The molecule has 0 bridgehead atoms. The molecule has 0 saturated carbocycles. The van der Waals surface area contributed by atoms with Crippen molar-refractivity contribution >= 4 is 29.4 Å². The van der Waals surface area contributed by atoms with E-state index in [4.69, 9.17) is 10.5 Å². The maximum atomic E-state index is 13.8. The SMILES string of the molecule is C.CC(=O)N1CCN(C(=O)C(c2ccccc2)n2cnc(NC(=O)[C@@H](COCc3ccccc3)NC(=O)C(C)(C)N)c2)CC1. The van der Waals surface area contributed by atoms with Crippen LogP contribution in [0, 0.1) is 0 Å². The van der Waals surface area contributed by atoms with Crippen LogP contribution < -0.4 is 16.4 Å². The first-order valence-electron chi connectivity index (χ1n) is 14.2. The number of hydrogen-bond donors (Lipinski definition) is 3. The number of ether oxygens (including phenoxy) is 1. The lowest BCUT2D eigenvalue weighted by molar-refractivity contribution is -0.139. The Morgan fingerprint density at radius 2 is 1.55 bits per heavy atom. The highest BCUT2D eigenvalue weighted by Crippen LogP contribution is 2.23. The van der Waals surface area contributed by atoms with Gasteiger partial charge in [-0.25, -0.2) is 4.98 Å². The average molecular weight is 606 g/mol. The fourth-order valence-electron chi connectivity index (χ4n) is 4.64. The zero-order valence-corrected chi connectivity index (χ0v) is 24.7. The quantitative estimate of drug-likeness (QED) is 0.303. The number of anilines is 1. The molecule has 236 valence electrons. The lowest BCUT2D eigenvalue weighted by Crippen LogP contribution is -2.56. The van der Waals surface area contributed by atoms with Crippen molar-refractivity contribution in [2.45, 2.75) is 52.4 Å². The molecule has 4 rings (SSSR count). The average Bonchev–Trinajstić information content (AvgIpc) is 3.44. The van der Waals surface area contributed by atoms with Gasteiger partial charge in [0.05, 0.1) is 25.1 Å². The molecule has 1 fully saturated rings. The molecule has 12 nitrogen and oxygen atoms in total. The smallest absolute Gasteiger partial charge is 0.250 e. The number of rotatable bonds is 11. The summed E-state index contributed by atoms with van der Waals surface area (Å²) >= 11 is 0. The Morgan fingerprint density at radius 3 is 2.14 bits per heavy atom. The van der Waals surface area contributed by atoms with Crippen molar-refractivity contribution in [3.05, 3.63) is 84.3 Å². The molecule has 12 heteroatoms. The number of nitrogens with one attached hydrogen (secondary N) is 2. The Kier molecular flexibility index (Phi) is 11.8. The third kappa shape index (κ3) is 8.98. The molecule has 1 aliphatic rings. The molecule has 0 aliphatic carbocycles. The highest BCUT2D eigenvalue weighted by Gasteiger charge is 2.32. The van der Waals surface area contributed by atoms with E-state index in [0.717, 1.165) is 11.1 Å². The molecule has 1 aromatic heterocycles. The standard InChI is InChI=1S/C31H39N7O5.CH4/c1-22(39)36-14-16-37(17-15-36)29(41)27(24-12-8-5-9-13-24)38-18-26(33-21-38)35-28(40)25(34-30(42)31(2,3)32)20-43-19-23-10-6-4-7-11-23;/h4-13,18,21,25,27H,14-17,19-20,32H2,1-3H3,(H,34,42)(H,35,40);1H4/t25-,27?;/m1./s1. The van der Waals surface area contributed by atoms with Gasteiger partial charge < -0.3 is 35.5 Å². The molecule has 4 N–H and O–H groups in total. The minimum absolute atomic E-state index is 0. The number of nitrogens with two attached hydrogens (primary N) is 1. The Hall–Kier alpha value is -4.55. The van der Waals surface area contributed by atoms with Crippen LogP contribution in [-0.2, 0) is 30.5 Å². The summed E-state index contributed by atoms with van der Waals surface area (Å²) in [5, 5.41) is 5.40. The number of amides is 4. The zero-order chi connectivity index (χ0) is 31.0. The molecular formula is C32H43N7O5. The van der Waals surface area contributed by atoms with Gasteiger partial charge in [0, 0.05) is 39.3 Å². The first-order chi connectivity index (χ1) is 20.5. The molecule has 2 atom stereocenters. The minimum atomic E-state index is -1.21. The van der Waals surface area contributed by atoms with Gasteiger partial charge in [-0.15, -0.1) is 0 Å². The van der Waals surface area contributed by atoms with E-state index in [-0.39, 0.29) is 38.3 Å². The van der Waals surface area contributed by atoms with E-state index in [0.29, 0.717) is 26.2 Å². The van der Waals surface area contributed by atoms with Gasteiger partial charge in [0.25, 0.3) is 5.91 Å². The van der Waals surface area contributed by atoms with Crippen molar-refractivity contribution in [1.82, 2.24) is 24.7 Å². The van der Waals surface area contributed by atoms with Crippen LogP contribution in [-0.4, -0.2) is 87.3 Å². The summed E-state index contributed by atoms with van der Waals surface area (Å²) in [7, 11) is 0. The second-order valence-electron chi connectivity index (χ2n) is 11.1. The van der Waals surface area contributed by atoms with Gasteiger partial charge in [-0.2, -0.15) is 0 Å². The van der Waals surface area contributed by atoms with E-state index in [9.17, 15) is 19.2 Å². The van der Waals surface area contributed by atoms with Gasteiger partial charge in [0.15, 0.2) is 5.82 Å². The van der Waals surface area contributed by atoms with Crippen LogP contribution in [0.25, 0.3) is 0 Å². The summed E-state index contributed by atoms with van der Waals surface area (Å²) in [6.45, 7) is 6.54. The Labute approximate surface area is 258 Å². The van der Waals surface area contributed by atoms with Gasteiger partial charge in [0.1, 0.15) is 12.1 Å². The van der Waals surface area contributed by atoms with Crippen molar-refractivity contribution in [2.24, 2.45) is 5.73 Å². The van der Waals surface area contributed by atoms with Crippen LogP contribution in [0.5, 0.6) is 0 Å². The first-order valence-corrected chi connectivity index (χ1v) is 14.2. The molecule has 2 aromatic carbocycles. The van der Waals surface area contributed by atoms with Gasteiger partial charge in [-0.3, -0.25) is 19.2 Å². The lowest BCUT2D eigenvalue weighted by atomic mass is 10.0. The molecule has 2 heterocycles. The van der Waals surface area contributed by atoms with Crippen molar-refractivity contribution < 1.29 is 23.9 Å². The molecule has 4 amide bonds. The largest absolute Gasteiger partial charge is 0.374 e. The molecule has 0 spiro atoms. The maximum Gasteiger partial charge on any atom is 0.250 e. The Bertz CT molecular complexity index is 1400. The van der Waals surface area contributed by atoms with E-state index in [1.54, 1.807) is 34.4 Å². The molecule has 1 saturated heterocycles. The third-order valence-electron chi connectivity index (χ3n) is 7.14. The topological polar surface area (TPSA) is 152 Å². The van der Waals surface area contributed by atoms with E-state index in [1.165, 1.54) is 13.3 Å². The third-order valence-corrected chi connectivity index (χ3v) is 7.14. The van der Waals surface area contributed by atoms with Crippen LogP contribution >= 0.6 is 0 Å². The molecule has 1 unspecified atom stereocenters. The first kappa shape index (κ1) is 33.9. The Morgan fingerprint density at radius 1 is 0.955 bits per heavy atom. The van der Waals surface area contributed by atoms with E-state index < -0.39 is 29.4 Å². The van der Waals surface area contributed by atoms with Crippen molar-refractivity contribution in [3.8, 4) is 0 Å².